The van der Waals surface area contributed by atoms with E-state index in [9.17, 15) is 13.2 Å². The molecule has 0 radical (unpaired) electrons. The average Bonchev–Trinajstić information content (AvgIpc) is 2.48. The summed E-state index contributed by atoms with van der Waals surface area (Å²) in [6.07, 6.45) is -2.53. The minimum atomic E-state index is -4.53. The lowest BCUT2D eigenvalue weighted by Crippen LogP contribution is -2.11. The fourth-order valence-corrected chi connectivity index (χ4v) is 2.26. The highest BCUT2D eigenvalue weighted by Gasteiger charge is 2.34. The van der Waals surface area contributed by atoms with Crippen molar-refractivity contribution in [2.24, 2.45) is 0 Å². The maximum absolute atomic E-state index is 13.1. The fourth-order valence-electron chi connectivity index (χ4n) is 2.09. The van der Waals surface area contributed by atoms with Crippen molar-refractivity contribution in [3.63, 3.8) is 0 Å². The van der Waals surface area contributed by atoms with Gasteiger partial charge in [0.05, 0.1) is 11.3 Å². The average molecular weight is 359 g/mol. The summed E-state index contributed by atoms with van der Waals surface area (Å²) in [5, 5.41) is 5.78. The van der Waals surface area contributed by atoms with Crippen molar-refractivity contribution >= 4 is 29.1 Å². The van der Waals surface area contributed by atoms with Gasteiger partial charge in [0.25, 0.3) is 0 Å². The first-order valence-electron chi connectivity index (χ1n) is 7.53. The van der Waals surface area contributed by atoms with E-state index in [2.05, 4.69) is 27.5 Å². The Morgan fingerprint density at radius 3 is 2.58 bits per heavy atom. The zero-order valence-electron chi connectivity index (χ0n) is 13.3. The van der Waals surface area contributed by atoms with Crippen LogP contribution in [0.4, 0.5) is 30.6 Å². The molecule has 1 aromatic carbocycles. The van der Waals surface area contributed by atoms with Gasteiger partial charge in [-0.05, 0) is 31.5 Å². The quantitative estimate of drug-likeness (QED) is 0.677. The highest BCUT2D eigenvalue weighted by molar-refractivity contribution is 6.30. The molecule has 0 bridgehead atoms. The lowest BCUT2D eigenvalue weighted by molar-refractivity contribution is -0.136. The molecule has 24 heavy (non-hydrogen) atoms. The summed E-state index contributed by atoms with van der Waals surface area (Å²) in [5.74, 6) is 0.669. The molecule has 0 aliphatic rings. The summed E-state index contributed by atoms with van der Waals surface area (Å²) in [7, 11) is 0. The van der Waals surface area contributed by atoms with Crippen LogP contribution in [0.2, 0.25) is 5.02 Å². The molecule has 0 saturated carbocycles. The zero-order chi connectivity index (χ0) is 17.7. The van der Waals surface area contributed by atoms with E-state index in [4.69, 9.17) is 11.6 Å². The molecule has 0 aliphatic carbocycles. The number of nitrogens with one attached hydrogen (secondary N) is 2. The van der Waals surface area contributed by atoms with E-state index in [1.54, 1.807) is 13.0 Å². The third kappa shape index (κ3) is 4.99. The van der Waals surface area contributed by atoms with E-state index in [0.29, 0.717) is 11.5 Å². The highest BCUT2D eigenvalue weighted by Crippen LogP contribution is 2.37. The first-order chi connectivity index (χ1) is 11.3. The second kappa shape index (κ2) is 7.70. The number of nitrogens with zero attached hydrogens (tertiary/aromatic N) is 2. The van der Waals surface area contributed by atoms with Gasteiger partial charge in [0.1, 0.15) is 5.82 Å². The predicted molar refractivity (Wildman–Crippen MR) is 89.9 cm³/mol. The van der Waals surface area contributed by atoms with Crippen LogP contribution in [0.5, 0.6) is 0 Å². The Kier molecular flexibility index (Phi) is 5.88. The molecule has 130 valence electrons. The number of rotatable bonds is 6. The molecule has 0 amide bonds. The first kappa shape index (κ1) is 18.3. The van der Waals surface area contributed by atoms with E-state index in [1.807, 2.05) is 0 Å². The number of unbranched alkanes of at least 4 members (excludes halogenated alkanes) is 1. The smallest absolute Gasteiger partial charge is 0.370 e. The van der Waals surface area contributed by atoms with Crippen molar-refractivity contribution in [1.82, 2.24) is 9.97 Å². The van der Waals surface area contributed by atoms with Gasteiger partial charge in [-0.3, -0.25) is 0 Å². The lowest BCUT2D eigenvalue weighted by atomic mass is 10.1. The molecular formula is C16H18ClF3N4. The SMILES string of the molecule is CCCCNc1cc(C)nc(Nc2ccc(Cl)cc2C(F)(F)F)n1. The number of benzene rings is 1. The number of hydrogen-bond acceptors (Lipinski definition) is 4. The standard InChI is InChI=1S/C16H18ClF3N4/c1-3-4-7-21-14-8-10(2)22-15(24-14)23-13-6-5-11(17)9-12(13)16(18,19)20/h5-6,8-9H,3-4,7H2,1-2H3,(H2,21,22,23,24). The minimum absolute atomic E-state index is 0.0138. The van der Waals surface area contributed by atoms with Crippen LogP contribution in [-0.2, 0) is 6.18 Å². The molecule has 4 nitrogen and oxygen atoms in total. The Hall–Kier alpha value is -2.02. The molecule has 2 N–H and O–H groups in total. The molecular weight excluding hydrogens is 341 g/mol. The number of anilines is 3. The van der Waals surface area contributed by atoms with Gasteiger partial charge in [0.2, 0.25) is 5.95 Å². The molecule has 2 aromatic rings. The Balaban J connectivity index is 2.28. The van der Waals surface area contributed by atoms with Crippen LogP contribution in [0.25, 0.3) is 0 Å². The van der Waals surface area contributed by atoms with Crippen LogP contribution in [0.1, 0.15) is 31.0 Å². The van der Waals surface area contributed by atoms with E-state index in [1.165, 1.54) is 12.1 Å². The second-order valence-electron chi connectivity index (χ2n) is 5.31. The molecule has 2 rings (SSSR count). The number of alkyl halides is 3. The number of hydrogen-bond donors (Lipinski definition) is 2. The molecule has 8 heteroatoms. The normalized spacial score (nSPS) is 11.4. The monoisotopic (exact) mass is 358 g/mol. The molecule has 0 saturated heterocycles. The third-order valence-electron chi connectivity index (χ3n) is 3.22. The van der Waals surface area contributed by atoms with Gasteiger partial charge in [-0.25, -0.2) is 4.98 Å². The van der Waals surface area contributed by atoms with Crippen LogP contribution in [0.15, 0.2) is 24.3 Å². The van der Waals surface area contributed by atoms with Gasteiger partial charge in [0.15, 0.2) is 0 Å². The van der Waals surface area contributed by atoms with Gasteiger partial charge >= 0.3 is 6.18 Å². The second-order valence-corrected chi connectivity index (χ2v) is 5.75. The summed E-state index contributed by atoms with van der Waals surface area (Å²) in [6, 6.07) is 5.27. The molecule has 1 heterocycles. The van der Waals surface area contributed by atoms with Crippen LogP contribution in [-0.4, -0.2) is 16.5 Å². The Labute approximate surface area is 143 Å². The van der Waals surface area contributed by atoms with Crippen LogP contribution in [0.3, 0.4) is 0 Å². The van der Waals surface area contributed by atoms with E-state index >= 15 is 0 Å². The van der Waals surface area contributed by atoms with Gasteiger partial charge in [-0.15, -0.1) is 0 Å². The van der Waals surface area contributed by atoms with E-state index in [0.717, 1.165) is 25.5 Å². The zero-order valence-corrected chi connectivity index (χ0v) is 14.1. The van der Waals surface area contributed by atoms with Crippen molar-refractivity contribution in [2.45, 2.75) is 32.9 Å². The van der Waals surface area contributed by atoms with Crippen molar-refractivity contribution in [1.29, 1.82) is 0 Å². The highest BCUT2D eigenvalue weighted by atomic mass is 35.5. The largest absolute Gasteiger partial charge is 0.418 e. The van der Waals surface area contributed by atoms with Crippen LogP contribution >= 0.6 is 11.6 Å². The maximum atomic E-state index is 13.1. The predicted octanol–water partition coefficient (Wildman–Crippen LogP) is 5.41. The fraction of sp³-hybridized carbons (Fsp3) is 0.375. The molecule has 1 aromatic heterocycles. The topological polar surface area (TPSA) is 49.8 Å². The van der Waals surface area contributed by atoms with Crippen molar-refractivity contribution in [3.8, 4) is 0 Å². The summed E-state index contributed by atoms with van der Waals surface area (Å²) >= 11 is 5.68. The number of halogens is 4. The number of aromatic nitrogens is 2. The third-order valence-corrected chi connectivity index (χ3v) is 3.46. The van der Waals surface area contributed by atoms with Gasteiger partial charge in [-0.1, -0.05) is 24.9 Å². The first-order valence-corrected chi connectivity index (χ1v) is 7.90. The molecule has 0 aliphatic heterocycles. The minimum Gasteiger partial charge on any atom is -0.370 e. The van der Waals surface area contributed by atoms with Gasteiger partial charge in [0, 0.05) is 23.3 Å². The number of aryl methyl sites for hydroxylation is 1. The van der Waals surface area contributed by atoms with Crippen molar-refractivity contribution < 1.29 is 13.2 Å². The Morgan fingerprint density at radius 1 is 1.17 bits per heavy atom. The lowest BCUT2D eigenvalue weighted by Gasteiger charge is -2.15. The summed E-state index contributed by atoms with van der Waals surface area (Å²) in [6.45, 7) is 4.56. The maximum Gasteiger partial charge on any atom is 0.418 e. The van der Waals surface area contributed by atoms with Crippen LogP contribution in [0, 0.1) is 6.92 Å². The summed E-state index contributed by atoms with van der Waals surface area (Å²) < 4.78 is 39.4. The van der Waals surface area contributed by atoms with Crippen molar-refractivity contribution in [3.05, 3.63) is 40.5 Å². The summed E-state index contributed by atoms with van der Waals surface area (Å²) in [5.41, 5.74) is -0.355. The Bertz CT molecular complexity index is 704. The van der Waals surface area contributed by atoms with Crippen molar-refractivity contribution in [2.75, 3.05) is 17.2 Å². The molecule has 0 fully saturated rings. The Morgan fingerprint density at radius 2 is 1.92 bits per heavy atom. The van der Waals surface area contributed by atoms with Gasteiger partial charge in [-0.2, -0.15) is 18.2 Å². The molecule has 0 spiro atoms. The molecule has 0 atom stereocenters. The summed E-state index contributed by atoms with van der Waals surface area (Å²) in [4.78, 5) is 8.35. The van der Waals surface area contributed by atoms with E-state index in [-0.39, 0.29) is 16.7 Å². The van der Waals surface area contributed by atoms with E-state index < -0.39 is 11.7 Å². The van der Waals surface area contributed by atoms with Gasteiger partial charge < -0.3 is 10.6 Å². The molecule has 0 unspecified atom stereocenters. The van der Waals surface area contributed by atoms with Crippen LogP contribution < -0.4 is 10.6 Å².